The van der Waals surface area contributed by atoms with Crippen LogP contribution >= 0.6 is 15.9 Å². The molecule has 4 N–H and O–H groups in total. The van der Waals surface area contributed by atoms with E-state index in [1.165, 1.54) is 0 Å². The number of aliphatic hydroxyl groups excluding tert-OH is 2. The van der Waals surface area contributed by atoms with Crippen LogP contribution in [-0.4, -0.2) is 46.0 Å². The first-order valence-electron chi connectivity index (χ1n) is 5.31. The summed E-state index contributed by atoms with van der Waals surface area (Å²) in [5, 5.41) is 24.6. The quantitative estimate of drug-likeness (QED) is 0.622. The molecule has 17 heavy (non-hydrogen) atoms. The third-order valence-corrected chi connectivity index (χ3v) is 3.21. The Labute approximate surface area is 109 Å². The predicted octanol–water partition coefficient (Wildman–Crippen LogP) is 0.826. The molecule has 0 atom stereocenters. The van der Waals surface area contributed by atoms with E-state index in [4.69, 9.17) is 0 Å². The maximum absolute atomic E-state index is 9.36. The number of hydrogen-bond acceptors (Lipinski definition) is 6. The van der Waals surface area contributed by atoms with Crippen LogP contribution in [0.5, 0.6) is 0 Å². The zero-order valence-electron chi connectivity index (χ0n) is 9.87. The summed E-state index contributed by atoms with van der Waals surface area (Å²) in [5.41, 5.74) is -0.776. The molecule has 7 heteroatoms. The highest BCUT2D eigenvalue weighted by Crippen LogP contribution is 2.24. The Hall–Kier alpha value is -0.920. The summed E-state index contributed by atoms with van der Waals surface area (Å²) in [6, 6.07) is 0. The van der Waals surface area contributed by atoms with Crippen LogP contribution in [0.15, 0.2) is 10.7 Å². The number of halogens is 1. The molecule has 1 rings (SSSR count). The van der Waals surface area contributed by atoms with Crippen molar-refractivity contribution < 1.29 is 10.2 Å². The molecule has 6 nitrogen and oxygen atoms in total. The Kier molecular flexibility index (Phi) is 5.10. The van der Waals surface area contributed by atoms with Gasteiger partial charge in [0.2, 0.25) is 5.95 Å². The molecule has 0 aliphatic heterocycles. The van der Waals surface area contributed by atoms with Gasteiger partial charge in [0, 0.05) is 13.2 Å². The lowest BCUT2D eigenvalue weighted by Crippen LogP contribution is -2.45. The lowest BCUT2D eigenvalue weighted by molar-refractivity contribution is 0.132. The van der Waals surface area contributed by atoms with Crippen molar-refractivity contribution in [2.24, 2.45) is 0 Å². The van der Waals surface area contributed by atoms with Gasteiger partial charge >= 0.3 is 0 Å². The Bertz CT molecular complexity index is 363. The van der Waals surface area contributed by atoms with Crippen molar-refractivity contribution in [1.82, 2.24) is 9.97 Å². The summed E-state index contributed by atoms with van der Waals surface area (Å²) in [6.07, 6.45) is 2.18. The minimum Gasteiger partial charge on any atom is -0.394 e. The van der Waals surface area contributed by atoms with E-state index < -0.39 is 5.54 Å². The second-order valence-corrected chi connectivity index (χ2v) is 4.57. The summed E-state index contributed by atoms with van der Waals surface area (Å²) in [7, 11) is 1.72. The first-order valence-corrected chi connectivity index (χ1v) is 6.10. The van der Waals surface area contributed by atoms with E-state index in [0.29, 0.717) is 22.7 Å². The van der Waals surface area contributed by atoms with Crippen molar-refractivity contribution >= 4 is 27.7 Å². The average Bonchev–Trinajstić information content (AvgIpc) is 2.38. The largest absolute Gasteiger partial charge is 0.394 e. The molecule has 0 fully saturated rings. The zero-order valence-corrected chi connectivity index (χ0v) is 11.5. The predicted molar refractivity (Wildman–Crippen MR) is 70.1 cm³/mol. The van der Waals surface area contributed by atoms with Gasteiger partial charge in [-0.3, -0.25) is 0 Å². The van der Waals surface area contributed by atoms with E-state index in [0.717, 1.165) is 0 Å². The van der Waals surface area contributed by atoms with Crippen LogP contribution in [0.3, 0.4) is 0 Å². The molecule has 1 aromatic heterocycles. The van der Waals surface area contributed by atoms with Gasteiger partial charge in [0.1, 0.15) is 5.82 Å². The molecule has 0 aliphatic carbocycles. The monoisotopic (exact) mass is 304 g/mol. The van der Waals surface area contributed by atoms with Gasteiger partial charge < -0.3 is 20.8 Å². The van der Waals surface area contributed by atoms with Gasteiger partial charge in [0.25, 0.3) is 0 Å². The topological polar surface area (TPSA) is 90.3 Å². The Morgan fingerprint density at radius 2 is 2.06 bits per heavy atom. The molecule has 0 amide bonds. The second-order valence-electron chi connectivity index (χ2n) is 3.72. The molecule has 0 aliphatic rings. The second kappa shape index (κ2) is 6.13. The molecule has 0 saturated carbocycles. The van der Waals surface area contributed by atoms with Gasteiger partial charge in [-0.15, -0.1) is 0 Å². The Morgan fingerprint density at radius 3 is 2.53 bits per heavy atom. The number of aliphatic hydroxyl groups is 2. The van der Waals surface area contributed by atoms with E-state index in [2.05, 4.69) is 36.5 Å². The normalized spacial score (nSPS) is 11.4. The molecule has 0 radical (unpaired) electrons. The number of nitrogens with zero attached hydrogens (tertiary/aromatic N) is 2. The smallest absolute Gasteiger partial charge is 0.224 e. The molecule has 0 bridgehead atoms. The first kappa shape index (κ1) is 14.1. The highest BCUT2D eigenvalue weighted by molar-refractivity contribution is 9.10. The molecule has 0 saturated heterocycles. The summed E-state index contributed by atoms with van der Waals surface area (Å²) in [4.78, 5) is 8.25. The minimum absolute atomic E-state index is 0.175. The van der Waals surface area contributed by atoms with Crippen LogP contribution in [0, 0.1) is 0 Å². The summed E-state index contributed by atoms with van der Waals surface area (Å²) >= 11 is 3.32. The van der Waals surface area contributed by atoms with Crippen molar-refractivity contribution in [3.63, 3.8) is 0 Å². The number of hydrogen-bond donors (Lipinski definition) is 4. The maximum atomic E-state index is 9.36. The minimum atomic E-state index is -0.776. The molecule has 96 valence electrons. The van der Waals surface area contributed by atoms with E-state index >= 15 is 0 Å². The Morgan fingerprint density at radius 1 is 1.41 bits per heavy atom. The van der Waals surface area contributed by atoms with Gasteiger partial charge in [-0.1, -0.05) is 6.92 Å². The summed E-state index contributed by atoms with van der Waals surface area (Å²) < 4.78 is 0.677. The van der Waals surface area contributed by atoms with Crippen LogP contribution in [-0.2, 0) is 0 Å². The summed E-state index contributed by atoms with van der Waals surface area (Å²) in [6.45, 7) is 1.53. The number of rotatable bonds is 6. The van der Waals surface area contributed by atoms with Crippen LogP contribution < -0.4 is 10.6 Å². The summed E-state index contributed by atoms with van der Waals surface area (Å²) in [5.74, 6) is 1.01. The molecule has 0 spiro atoms. The van der Waals surface area contributed by atoms with Crippen LogP contribution in [0.2, 0.25) is 0 Å². The van der Waals surface area contributed by atoms with Crippen LogP contribution in [0.4, 0.5) is 11.8 Å². The fraction of sp³-hybridized carbons (Fsp3) is 0.600. The van der Waals surface area contributed by atoms with Gasteiger partial charge in [-0.05, 0) is 22.4 Å². The first-order chi connectivity index (χ1) is 8.10. The molecule has 0 unspecified atom stereocenters. The van der Waals surface area contributed by atoms with E-state index in [1.807, 2.05) is 6.92 Å². The van der Waals surface area contributed by atoms with Gasteiger partial charge in [-0.2, -0.15) is 4.98 Å². The van der Waals surface area contributed by atoms with Crippen molar-refractivity contribution in [3.8, 4) is 0 Å². The average molecular weight is 305 g/mol. The van der Waals surface area contributed by atoms with Gasteiger partial charge in [0.05, 0.1) is 23.2 Å². The van der Waals surface area contributed by atoms with Gasteiger partial charge in [0.15, 0.2) is 0 Å². The molecular weight excluding hydrogens is 288 g/mol. The third kappa shape index (κ3) is 3.27. The molecule has 1 heterocycles. The number of aromatic nitrogens is 2. The Balaban J connectivity index is 2.99. The highest BCUT2D eigenvalue weighted by atomic mass is 79.9. The lowest BCUT2D eigenvalue weighted by atomic mass is 9.98. The molecule has 0 aromatic carbocycles. The molecular formula is C10H17BrN4O2. The SMILES string of the molecule is CCC(CO)(CO)Nc1nc(NC)ncc1Br. The van der Waals surface area contributed by atoms with Crippen molar-refractivity contribution in [2.45, 2.75) is 18.9 Å². The highest BCUT2D eigenvalue weighted by Gasteiger charge is 2.27. The standard InChI is InChI=1S/C10H17BrN4O2/c1-3-10(5-16,6-17)15-8-7(11)4-13-9(12-2)14-8/h4,16-17H,3,5-6H2,1-2H3,(H2,12,13,14,15). The van der Waals surface area contributed by atoms with E-state index in [9.17, 15) is 10.2 Å². The zero-order chi connectivity index (χ0) is 12.9. The van der Waals surface area contributed by atoms with E-state index in [1.54, 1.807) is 13.2 Å². The maximum Gasteiger partial charge on any atom is 0.224 e. The third-order valence-electron chi connectivity index (χ3n) is 2.63. The molecule has 1 aromatic rings. The fourth-order valence-electron chi connectivity index (χ4n) is 1.27. The van der Waals surface area contributed by atoms with Crippen LogP contribution in [0.25, 0.3) is 0 Å². The van der Waals surface area contributed by atoms with Crippen LogP contribution in [0.1, 0.15) is 13.3 Å². The van der Waals surface area contributed by atoms with Gasteiger partial charge in [-0.25, -0.2) is 4.98 Å². The van der Waals surface area contributed by atoms with E-state index in [-0.39, 0.29) is 13.2 Å². The van der Waals surface area contributed by atoms with Crippen molar-refractivity contribution in [2.75, 3.05) is 30.9 Å². The van der Waals surface area contributed by atoms with Crippen molar-refractivity contribution in [1.29, 1.82) is 0 Å². The fourth-order valence-corrected chi connectivity index (χ4v) is 1.56. The number of anilines is 2. The van der Waals surface area contributed by atoms with Crippen molar-refractivity contribution in [3.05, 3.63) is 10.7 Å². The number of nitrogens with one attached hydrogen (secondary N) is 2. The lowest BCUT2D eigenvalue weighted by Gasteiger charge is -2.30.